The van der Waals surface area contributed by atoms with Gasteiger partial charge in [-0.3, -0.25) is 9.78 Å². The standard InChI is InChI=1S/C21H18FN5O3S/c1-2-31(29,30)20-9-14(7-8-24-20)10-25-21(28)18-11-23-13-19-17(18)12-26-27(19)16-5-3-15(22)4-6-16/h3-9,11-13H,2,10H2,1H3,(H,25,28). The summed E-state index contributed by atoms with van der Waals surface area (Å²) in [4.78, 5) is 20.8. The van der Waals surface area contributed by atoms with Gasteiger partial charge in [-0.25, -0.2) is 22.5 Å². The van der Waals surface area contributed by atoms with E-state index in [0.717, 1.165) is 0 Å². The van der Waals surface area contributed by atoms with Crippen LogP contribution < -0.4 is 5.32 Å². The molecule has 10 heteroatoms. The summed E-state index contributed by atoms with van der Waals surface area (Å²) in [5.41, 5.74) is 2.16. The number of halogens is 1. The van der Waals surface area contributed by atoms with E-state index in [1.54, 1.807) is 42.2 Å². The van der Waals surface area contributed by atoms with Crippen LogP contribution in [0.15, 0.2) is 66.2 Å². The molecular formula is C21H18FN5O3S. The first-order valence-electron chi connectivity index (χ1n) is 9.42. The molecule has 1 aromatic carbocycles. The summed E-state index contributed by atoms with van der Waals surface area (Å²) in [6.45, 7) is 1.67. The summed E-state index contributed by atoms with van der Waals surface area (Å²) in [5.74, 6) is -0.792. The van der Waals surface area contributed by atoms with Gasteiger partial charge in [-0.05, 0) is 42.0 Å². The molecule has 158 valence electrons. The van der Waals surface area contributed by atoms with Gasteiger partial charge in [-0.1, -0.05) is 6.92 Å². The number of nitrogens with zero attached hydrogens (tertiary/aromatic N) is 4. The minimum atomic E-state index is -3.43. The van der Waals surface area contributed by atoms with Crippen molar-refractivity contribution in [3.63, 3.8) is 0 Å². The maximum absolute atomic E-state index is 13.2. The molecule has 0 saturated heterocycles. The number of pyridine rings is 2. The van der Waals surface area contributed by atoms with E-state index in [1.165, 1.54) is 30.6 Å². The highest BCUT2D eigenvalue weighted by molar-refractivity contribution is 7.91. The second kappa shape index (κ2) is 8.23. The van der Waals surface area contributed by atoms with Crippen LogP contribution in [0.4, 0.5) is 4.39 Å². The molecule has 0 aliphatic rings. The second-order valence-corrected chi connectivity index (χ2v) is 8.97. The normalized spacial score (nSPS) is 11.5. The zero-order chi connectivity index (χ0) is 22.0. The Kier molecular flexibility index (Phi) is 5.47. The zero-order valence-corrected chi connectivity index (χ0v) is 17.3. The topological polar surface area (TPSA) is 107 Å². The molecule has 31 heavy (non-hydrogen) atoms. The molecule has 0 aliphatic carbocycles. The lowest BCUT2D eigenvalue weighted by Crippen LogP contribution is -2.23. The number of carbonyl (C=O) groups excluding carboxylic acids is 1. The summed E-state index contributed by atoms with van der Waals surface area (Å²) in [5, 5.41) is 7.64. The number of carbonyl (C=O) groups is 1. The summed E-state index contributed by atoms with van der Waals surface area (Å²) < 4.78 is 38.8. The smallest absolute Gasteiger partial charge is 0.253 e. The SMILES string of the molecule is CCS(=O)(=O)c1cc(CNC(=O)c2cncc3c2cnn3-c2ccc(F)cc2)ccn1. The minimum Gasteiger partial charge on any atom is -0.348 e. The van der Waals surface area contributed by atoms with Crippen LogP contribution in [0.1, 0.15) is 22.8 Å². The average Bonchev–Trinajstić information content (AvgIpc) is 3.22. The maximum atomic E-state index is 13.2. The molecular weight excluding hydrogens is 421 g/mol. The zero-order valence-electron chi connectivity index (χ0n) is 16.5. The van der Waals surface area contributed by atoms with Crippen molar-refractivity contribution in [2.75, 3.05) is 5.75 Å². The Balaban J connectivity index is 1.58. The van der Waals surface area contributed by atoms with Crippen LogP contribution in [0.3, 0.4) is 0 Å². The molecule has 1 amide bonds. The van der Waals surface area contributed by atoms with Gasteiger partial charge in [0.2, 0.25) is 0 Å². The monoisotopic (exact) mass is 439 g/mol. The van der Waals surface area contributed by atoms with Crippen molar-refractivity contribution in [2.24, 2.45) is 0 Å². The van der Waals surface area contributed by atoms with Gasteiger partial charge in [0.25, 0.3) is 5.91 Å². The molecule has 4 rings (SSSR count). The highest BCUT2D eigenvalue weighted by atomic mass is 32.2. The van der Waals surface area contributed by atoms with Crippen molar-refractivity contribution < 1.29 is 17.6 Å². The number of fused-ring (bicyclic) bond motifs is 1. The Morgan fingerprint density at radius 3 is 2.65 bits per heavy atom. The van der Waals surface area contributed by atoms with Gasteiger partial charge < -0.3 is 5.32 Å². The number of rotatable bonds is 6. The molecule has 3 heterocycles. The Morgan fingerprint density at radius 2 is 1.90 bits per heavy atom. The molecule has 0 atom stereocenters. The Bertz CT molecular complexity index is 1370. The van der Waals surface area contributed by atoms with Gasteiger partial charge in [-0.15, -0.1) is 0 Å². The van der Waals surface area contributed by atoms with E-state index in [9.17, 15) is 17.6 Å². The van der Waals surface area contributed by atoms with Crippen LogP contribution >= 0.6 is 0 Å². The highest BCUT2D eigenvalue weighted by Crippen LogP contribution is 2.21. The van der Waals surface area contributed by atoms with E-state index in [0.29, 0.717) is 27.7 Å². The fourth-order valence-corrected chi connectivity index (χ4v) is 3.91. The van der Waals surface area contributed by atoms with E-state index < -0.39 is 9.84 Å². The average molecular weight is 439 g/mol. The van der Waals surface area contributed by atoms with E-state index in [4.69, 9.17) is 0 Å². The maximum Gasteiger partial charge on any atom is 0.253 e. The molecule has 0 spiro atoms. The van der Waals surface area contributed by atoms with Crippen LogP contribution in [0.5, 0.6) is 0 Å². The van der Waals surface area contributed by atoms with E-state index in [1.807, 2.05) is 0 Å². The fourth-order valence-electron chi connectivity index (χ4n) is 3.07. The van der Waals surface area contributed by atoms with Crippen LogP contribution in [0, 0.1) is 5.82 Å². The molecule has 0 aliphatic heterocycles. The summed E-state index contributed by atoms with van der Waals surface area (Å²) >= 11 is 0. The van der Waals surface area contributed by atoms with E-state index in [2.05, 4.69) is 20.4 Å². The molecule has 8 nitrogen and oxygen atoms in total. The lowest BCUT2D eigenvalue weighted by molar-refractivity contribution is 0.0952. The lowest BCUT2D eigenvalue weighted by Gasteiger charge is -2.08. The first-order chi connectivity index (χ1) is 14.9. The minimum absolute atomic E-state index is 0.0221. The third-order valence-corrected chi connectivity index (χ3v) is 6.38. The first kappa shape index (κ1) is 20.6. The predicted molar refractivity (Wildman–Crippen MR) is 112 cm³/mol. The van der Waals surface area contributed by atoms with Crippen molar-refractivity contribution in [3.8, 4) is 5.69 Å². The van der Waals surface area contributed by atoms with Gasteiger partial charge in [0, 0.05) is 24.3 Å². The Morgan fingerprint density at radius 1 is 1.13 bits per heavy atom. The molecule has 1 N–H and O–H groups in total. The quantitative estimate of drug-likeness (QED) is 0.495. The van der Waals surface area contributed by atoms with Gasteiger partial charge in [0.15, 0.2) is 14.9 Å². The lowest BCUT2D eigenvalue weighted by atomic mass is 10.1. The Labute approximate surface area is 177 Å². The van der Waals surface area contributed by atoms with Gasteiger partial charge in [0.1, 0.15) is 5.82 Å². The summed E-state index contributed by atoms with van der Waals surface area (Å²) in [6.07, 6.45) is 5.97. The molecule has 0 saturated carbocycles. The molecule has 3 aromatic heterocycles. The van der Waals surface area contributed by atoms with Crippen molar-refractivity contribution >= 4 is 26.6 Å². The molecule has 0 unspecified atom stereocenters. The van der Waals surface area contributed by atoms with Gasteiger partial charge in [-0.2, -0.15) is 5.10 Å². The number of hydrogen-bond acceptors (Lipinski definition) is 6. The van der Waals surface area contributed by atoms with E-state index in [-0.39, 0.29) is 29.0 Å². The van der Waals surface area contributed by atoms with Crippen LogP contribution in [-0.4, -0.2) is 39.8 Å². The van der Waals surface area contributed by atoms with Crippen LogP contribution in [0.2, 0.25) is 0 Å². The summed E-state index contributed by atoms with van der Waals surface area (Å²) in [6, 6.07) is 8.91. The number of benzene rings is 1. The first-order valence-corrected chi connectivity index (χ1v) is 11.1. The third kappa shape index (κ3) is 4.15. The number of sulfone groups is 1. The van der Waals surface area contributed by atoms with E-state index >= 15 is 0 Å². The van der Waals surface area contributed by atoms with Gasteiger partial charge >= 0.3 is 0 Å². The summed E-state index contributed by atoms with van der Waals surface area (Å²) in [7, 11) is -3.43. The van der Waals surface area contributed by atoms with Gasteiger partial charge in [0.05, 0.1) is 34.9 Å². The number of hydrogen-bond donors (Lipinski definition) is 1. The number of aromatic nitrogens is 4. The largest absolute Gasteiger partial charge is 0.348 e. The number of amides is 1. The third-order valence-electron chi connectivity index (χ3n) is 4.76. The highest BCUT2D eigenvalue weighted by Gasteiger charge is 2.16. The molecule has 0 fully saturated rings. The van der Waals surface area contributed by atoms with Crippen LogP contribution in [-0.2, 0) is 16.4 Å². The Hall–Kier alpha value is -3.66. The fraction of sp³-hybridized carbons (Fsp3) is 0.143. The molecule has 4 aromatic rings. The molecule has 0 radical (unpaired) electrons. The predicted octanol–water partition coefficient (Wildman–Crippen LogP) is 2.68. The van der Waals surface area contributed by atoms with Crippen molar-refractivity contribution in [2.45, 2.75) is 18.5 Å². The van der Waals surface area contributed by atoms with Crippen molar-refractivity contribution in [3.05, 3.63) is 78.1 Å². The number of nitrogens with one attached hydrogen (secondary N) is 1. The van der Waals surface area contributed by atoms with Crippen LogP contribution in [0.25, 0.3) is 16.6 Å². The van der Waals surface area contributed by atoms with Crippen molar-refractivity contribution in [1.29, 1.82) is 0 Å². The molecule has 0 bridgehead atoms. The second-order valence-electron chi connectivity index (χ2n) is 6.74. The van der Waals surface area contributed by atoms with Crippen molar-refractivity contribution in [1.82, 2.24) is 25.1 Å².